The Morgan fingerprint density at radius 1 is 1.15 bits per heavy atom. The van der Waals surface area contributed by atoms with Crippen molar-refractivity contribution in [2.45, 2.75) is 19.0 Å². The second-order valence-corrected chi connectivity index (χ2v) is 10.9. The monoisotopic (exact) mass is 640 g/mol. The molecule has 1 unspecified atom stereocenters. The number of alkyl halides is 3. The zero-order chi connectivity index (χ0) is 27.7. The topological polar surface area (TPSA) is 74.6 Å². The molecule has 1 saturated heterocycles. The molecule has 2 N–H and O–H groups in total. The Morgan fingerprint density at radius 3 is 2.72 bits per heavy atom. The highest BCUT2D eigenvalue weighted by Gasteiger charge is 2.35. The number of hydrogen-bond donors (Lipinski definition) is 2. The fourth-order valence-electron chi connectivity index (χ4n) is 4.59. The number of piperidine rings is 1. The number of nitrogens with one attached hydrogen (secondary N) is 2. The van der Waals surface area contributed by atoms with E-state index in [9.17, 15) is 18.0 Å². The van der Waals surface area contributed by atoms with Gasteiger partial charge in [0.15, 0.2) is 5.65 Å². The lowest BCUT2D eigenvalue weighted by atomic mass is 9.98. The molecule has 5 rings (SSSR count). The van der Waals surface area contributed by atoms with Crippen LogP contribution in [0.15, 0.2) is 59.2 Å². The Bertz CT molecular complexity index is 1530. The van der Waals surface area contributed by atoms with E-state index in [-0.39, 0.29) is 16.6 Å². The number of nitrogens with zero attached hydrogens (tertiary/aromatic N) is 4. The van der Waals surface area contributed by atoms with Crippen molar-refractivity contribution < 1.29 is 18.0 Å². The standard InChI is InChI=1S/C26H22BrCl2F3N6O/c27-19-13-34-38-23(11-22(35-24(19)38)17-5-1-2-6-20(17)29)33-12-15-4-3-9-37(14-15)25(39)36-21-8-7-16(28)10-18(21)26(30,31)32/h1-2,5-8,10-11,13,15,33H,3-4,9,12,14H2,(H,36,39). The number of likely N-dealkylation sites (tertiary alicyclic amines) is 1. The van der Waals surface area contributed by atoms with Crippen LogP contribution in [0.3, 0.4) is 0 Å². The van der Waals surface area contributed by atoms with Crippen LogP contribution in [0.1, 0.15) is 18.4 Å². The van der Waals surface area contributed by atoms with Gasteiger partial charge in [0.1, 0.15) is 5.82 Å². The Kier molecular flexibility index (Phi) is 7.93. The average Bonchev–Trinajstić information content (AvgIpc) is 3.28. The molecule has 1 aliphatic heterocycles. The predicted octanol–water partition coefficient (Wildman–Crippen LogP) is 7.84. The molecule has 204 valence electrons. The fourth-order valence-corrected chi connectivity index (χ4v) is 5.34. The smallest absolute Gasteiger partial charge is 0.370 e. The number of rotatable bonds is 5. The number of hydrogen-bond acceptors (Lipinski definition) is 4. The van der Waals surface area contributed by atoms with E-state index in [1.54, 1.807) is 16.8 Å². The maximum absolute atomic E-state index is 13.5. The van der Waals surface area contributed by atoms with Gasteiger partial charge >= 0.3 is 12.2 Å². The van der Waals surface area contributed by atoms with Gasteiger partial charge in [0.25, 0.3) is 0 Å². The Labute approximate surface area is 240 Å². The number of amides is 2. The zero-order valence-corrected chi connectivity index (χ0v) is 23.4. The van der Waals surface area contributed by atoms with Gasteiger partial charge in [-0.2, -0.15) is 22.8 Å². The van der Waals surface area contributed by atoms with E-state index >= 15 is 0 Å². The number of carbonyl (C=O) groups is 1. The van der Waals surface area contributed by atoms with Crippen molar-refractivity contribution >= 4 is 62.3 Å². The first-order valence-electron chi connectivity index (χ1n) is 12.1. The highest BCUT2D eigenvalue weighted by Crippen LogP contribution is 2.37. The molecule has 0 aliphatic carbocycles. The van der Waals surface area contributed by atoms with Crippen LogP contribution in [0.2, 0.25) is 10.0 Å². The van der Waals surface area contributed by atoms with Crippen LogP contribution in [0.25, 0.3) is 16.9 Å². The Balaban J connectivity index is 1.31. The minimum Gasteiger partial charge on any atom is -0.370 e. The summed E-state index contributed by atoms with van der Waals surface area (Å²) in [5.41, 5.74) is 0.749. The van der Waals surface area contributed by atoms with Crippen LogP contribution in [-0.4, -0.2) is 45.2 Å². The molecular formula is C26H22BrCl2F3N6O. The van der Waals surface area contributed by atoms with E-state index in [1.807, 2.05) is 24.3 Å². The van der Waals surface area contributed by atoms with Crippen molar-refractivity contribution in [1.29, 1.82) is 0 Å². The molecule has 3 heterocycles. The molecule has 0 bridgehead atoms. The van der Waals surface area contributed by atoms with Gasteiger partial charge in [-0.05, 0) is 59.0 Å². The minimum absolute atomic E-state index is 0.0581. The van der Waals surface area contributed by atoms with Gasteiger partial charge in [0.2, 0.25) is 0 Å². The SMILES string of the molecule is O=C(Nc1ccc(Cl)cc1C(F)(F)F)N1CCCC(CNc2cc(-c3ccccc3Cl)nc3c(Br)cnn23)C1. The summed E-state index contributed by atoms with van der Waals surface area (Å²) >= 11 is 15.7. The molecule has 4 aromatic rings. The highest BCUT2D eigenvalue weighted by molar-refractivity contribution is 9.10. The zero-order valence-electron chi connectivity index (χ0n) is 20.3. The van der Waals surface area contributed by atoms with Crippen molar-refractivity contribution in [3.63, 3.8) is 0 Å². The van der Waals surface area contributed by atoms with Gasteiger partial charge in [-0.25, -0.2) is 9.78 Å². The third-order valence-electron chi connectivity index (χ3n) is 6.49. The van der Waals surface area contributed by atoms with Crippen LogP contribution in [-0.2, 0) is 6.18 Å². The summed E-state index contributed by atoms with van der Waals surface area (Å²) in [6, 6.07) is 12.0. The molecule has 13 heteroatoms. The molecule has 1 fully saturated rings. The van der Waals surface area contributed by atoms with Crippen LogP contribution in [0.4, 0.5) is 29.5 Å². The minimum atomic E-state index is -4.65. The lowest BCUT2D eigenvalue weighted by Gasteiger charge is -2.33. The predicted molar refractivity (Wildman–Crippen MR) is 149 cm³/mol. The second kappa shape index (κ2) is 11.2. The van der Waals surface area contributed by atoms with E-state index in [1.165, 1.54) is 17.0 Å². The molecule has 0 saturated carbocycles. The van der Waals surface area contributed by atoms with Gasteiger partial charge in [0.05, 0.1) is 27.6 Å². The number of benzene rings is 2. The maximum Gasteiger partial charge on any atom is 0.418 e. The lowest BCUT2D eigenvalue weighted by molar-refractivity contribution is -0.136. The first-order valence-corrected chi connectivity index (χ1v) is 13.6. The number of anilines is 2. The molecule has 39 heavy (non-hydrogen) atoms. The van der Waals surface area contributed by atoms with E-state index in [0.29, 0.717) is 41.8 Å². The highest BCUT2D eigenvalue weighted by atomic mass is 79.9. The number of halogens is 6. The van der Waals surface area contributed by atoms with Crippen molar-refractivity contribution in [1.82, 2.24) is 19.5 Å². The summed E-state index contributed by atoms with van der Waals surface area (Å²) in [5.74, 6) is 0.751. The maximum atomic E-state index is 13.5. The quantitative estimate of drug-likeness (QED) is 0.233. The van der Waals surface area contributed by atoms with Gasteiger partial charge < -0.3 is 15.5 Å². The second-order valence-electron chi connectivity index (χ2n) is 9.19. The van der Waals surface area contributed by atoms with E-state index in [2.05, 4.69) is 31.7 Å². The van der Waals surface area contributed by atoms with Crippen molar-refractivity contribution in [2.24, 2.45) is 5.92 Å². The fraction of sp³-hybridized carbons (Fsp3) is 0.269. The van der Waals surface area contributed by atoms with Crippen molar-refractivity contribution in [2.75, 3.05) is 30.3 Å². The van der Waals surface area contributed by atoms with Gasteiger partial charge in [0, 0.05) is 41.3 Å². The van der Waals surface area contributed by atoms with Crippen molar-refractivity contribution in [3.8, 4) is 11.3 Å². The molecule has 2 aromatic heterocycles. The van der Waals surface area contributed by atoms with E-state index in [4.69, 9.17) is 28.2 Å². The Hall–Kier alpha value is -3.02. The summed E-state index contributed by atoms with van der Waals surface area (Å²) in [7, 11) is 0. The molecular weight excluding hydrogens is 620 g/mol. The molecule has 1 aliphatic rings. The molecule has 1 atom stereocenters. The summed E-state index contributed by atoms with van der Waals surface area (Å²) in [5, 5.41) is 10.7. The summed E-state index contributed by atoms with van der Waals surface area (Å²) in [4.78, 5) is 19.2. The number of aromatic nitrogens is 3. The molecule has 0 spiro atoms. The van der Waals surface area contributed by atoms with Crippen molar-refractivity contribution in [3.05, 3.63) is 74.8 Å². The first kappa shape index (κ1) is 27.5. The normalized spacial score (nSPS) is 15.9. The molecule has 0 radical (unpaired) electrons. The largest absolute Gasteiger partial charge is 0.418 e. The summed E-state index contributed by atoms with van der Waals surface area (Å²) < 4.78 is 42.8. The number of fused-ring (bicyclic) bond motifs is 1. The third kappa shape index (κ3) is 6.10. The van der Waals surface area contributed by atoms with Gasteiger partial charge in [-0.1, -0.05) is 41.4 Å². The Morgan fingerprint density at radius 2 is 1.95 bits per heavy atom. The van der Waals surface area contributed by atoms with E-state index < -0.39 is 17.8 Å². The number of carbonyl (C=O) groups excluding carboxylic acids is 1. The first-order chi connectivity index (χ1) is 18.6. The van der Waals surface area contributed by atoms with Gasteiger partial charge in [-0.3, -0.25) is 0 Å². The summed E-state index contributed by atoms with van der Waals surface area (Å²) in [6.45, 7) is 1.33. The van der Waals surface area contributed by atoms with Crippen LogP contribution in [0.5, 0.6) is 0 Å². The third-order valence-corrected chi connectivity index (χ3v) is 7.61. The number of urea groups is 1. The van der Waals surface area contributed by atoms with E-state index in [0.717, 1.165) is 28.9 Å². The molecule has 2 aromatic carbocycles. The average molecular weight is 642 g/mol. The lowest BCUT2D eigenvalue weighted by Crippen LogP contribution is -2.44. The molecule has 2 amide bonds. The van der Waals surface area contributed by atoms with Crippen LogP contribution >= 0.6 is 39.1 Å². The van der Waals surface area contributed by atoms with Gasteiger partial charge in [-0.15, -0.1) is 0 Å². The summed E-state index contributed by atoms with van der Waals surface area (Å²) in [6.07, 6.45) is -1.43. The van der Waals surface area contributed by atoms with Crippen LogP contribution in [0, 0.1) is 5.92 Å². The molecule has 7 nitrogen and oxygen atoms in total. The van der Waals surface area contributed by atoms with Crippen LogP contribution < -0.4 is 10.6 Å².